The SMILES string of the molecule is COc1ccc(Cn2cnc3c(-c4ccc(Nc5ccnc(N6CCN(C(=O)OC(C)(C)C)CC6)n5)cc4)ccnc32)cc1. The van der Waals surface area contributed by atoms with Gasteiger partial charge < -0.3 is 29.2 Å². The number of benzene rings is 2. The van der Waals surface area contributed by atoms with Crippen molar-refractivity contribution in [2.75, 3.05) is 43.5 Å². The third-order valence-electron chi connectivity index (χ3n) is 7.34. The third-order valence-corrected chi connectivity index (χ3v) is 7.34. The van der Waals surface area contributed by atoms with Gasteiger partial charge >= 0.3 is 6.09 Å². The van der Waals surface area contributed by atoms with Gasteiger partial charge in [-0.1, -0.05) is 24.3 Å². The average molecular weight is 593 g/mol. The van der Waals surface area contributed by atoms with Crippen molar-refractivity contribution in [1.82, 2.24) is 29.4 Å². The maximum absolute atomic E-state index is 12.4. The molecule has 6 rings (SSSR count). The number of hydrogen-bond acceptors (Lipinski definition) is 9. The van der Waals surface area contributed by atoms with Crippen LogP contribution < -0.4 is 15.0 Å². The van der Waals surface area contributed by atoms with Crippen LogP contribution in [-0.4, -0.2) is 74.4 Å². The Hall–Kier alpha value is -5.19. The standard InChI is InChI=1S/C33H36N8O3/c1-33(2,3)44-32(42)40-19-17-39(18-20-40)31-35-16-14-28(38-31)37-25-9-7-24(8-10-25)27-13-15-34-30-29(27)36-22-41(30)21-23-5-11-26(43-4)12-6-23/h5-16,22H,17-21H2,1-4H3,(H,35,37,38). The Bertz CT molecular complexity index is 1740. The van der Waals surface area contributed by atoms with Crippen LogP contribution in [0.3, 0.4) is 0 Å². The summed E-state index contributed by atoms with van der Waals surface area (Å²) in [5.74, 6) is 2.15. The van der Waals surface area contributed by atoms with Crippen LogP contribution in [0.5, 0.6) is 5.75 Å². The number of nitrogens with zero attached hydrogens (tertiary/aromatic N) is 7. The zero-order chi connectivity index (χ0) is 30.7. The van der Waals surface area contributed by atoms with E-state index < -0.39 is 5.60 Å². The van der Waals surface area contributed by atoms with Gasteiger partial charge in [0.2, 0.25) is 5.95 Å². The summed E-state index contributed by atoms with van der Waals surface area (Å²) in [6, 6.07) is 20.0. The smallest absolute Gasteiger partial charge is 0.410 e. The van der Waals surface area contributed by atoms with Crippen molar-refractivity contribution in [3.8, 4) is 16.9 Å². The van der Waals surface area contributed by atoms with E-state index in [9.17, 15) is 4.79 Å². The predicted octanol–water partition coefficient (Wildman–Crippen LogP) is 5.75. The molecule has 11 heteroatoms. The molecule has 1 aliphatic heterocycles. The average Bonchev–Trinajstić information content (AvgIpc) is 3.44. The minimum Gasteiger partial charge on any atom is -0.497 e. The largest absolute Gasteiger partial charge is 0.497 e. The Morgan fingerprint density at radius 1 is 0.886 bits per heavy atom. The van der Waals surface area contributed by atoms with Crippen molar-refractivity contribution >= 4 is 34.7 Å². The first kappa shape index (κ1) is 28.9. The van der Waals surface area contributed by atoms with Crippen molar-refractivity contribution in [3.63, 3.8) is 0 Å². The molecule has 0 aliphatic carbocycles. The molecule has 1 aliphatic rings. The molecule has 0 saturated carbocycles. The van der Waals surface area contributed by atoms with E-state index in [1.807, 2.05) is 81.8 Å². The molecule has 1 saturated heterocycles. The van der Waals surface area contributed by atoms with Gasteiger partial charge in [0.15, 0.2) is 5.65 Å². The summed E-state index contributed by atoms with van der Waals surface area (Å²) in [5, 5.41) is 3.39. The predicted molar refractivity (Wildman–Crippen MR) is 170 cm³/mol. The quantitative estimate of drug-likeness (QED) is 0.253. The number of fused-ring (bicyclic) bond motifs is 1. The molecule has 0 atom stereocenters. The Kier molecular flexibility index (Phi) is 8.01. The van der Waals surface area contributed by atoms with Crippen molar-refractivity contribution in [1.29, 1.82) is 0 Å². The van der Waals surface area contributed by atoms with Crippen LogP contribution in [0.4, 0.5) is 22.2 Å². The number of hydrogen-bond donors (Lipinski definition) is 1. The van der Waals surface area contributed by atoms with E-state index in [-0.39, 0.29) is 6.09 Å². The van der Waals surface area contributed by atoms with Gasteiger partial charge in [0, 0.05) is 49.8 Å². The second-order valence-corrected chi connectivity index (χ2v) is 11.6. The normalized spacial score (nSPS) is 13.6. The lowest BCUT2D eigenvalue weighted by atomic mass is 10.1. The van der Waals surface area contributed by atoms with Crippen LogP contribution in [0, 0.1) is 0 Å². The summed E-state index contributed by atoms with van der Waals surface area (Å²) >= 11 is 0. The van der Waals surface area contributed by atoms with E-state index in [1.165, 1.54) is 0 Å². The van der Waals surface area contributed by atoms with Gasteiger partial charge in [-0.2, -0.15) is 4.98 Å². The summed E-state index contributed by atoms with van der Waals surface area (Å²) in [7, 11) is 1.67. The van der Waals surface area contributed by atoms with Crippen LogP contribution in [0.15, 0.2) is 79.4 Å². The summed E-state index contributed by atoms with van der Waals surface area (Å²) in [4.78, 5) is 34.8. The summed E-state index contributed by atoms with van der Waals surface area (Å²) in [5.41, 5.74) is 5.29. The summed E-state index contributed by atoms with van der Waals surface area (Å²) in [6.45, 7) is 8.67. The Balaban J connectivity index is 1.11. The van der Waals surface area contributed by atoms with E-state index in [1.54, 1.807) is 18.2 Å². The highest BCUT2D eigenvalue weighted by atomic mass is 16.6. The zero-order valence-corrected chi connectivity index (χ0v) is 25.4. The molecule has 226 valence electrons. The van der Waals surface area contributed by atoms with Crippen LogP contribution in [0.25, 0.3) is 22.3 Å². The Morgan fingerprint density at radius 3 is 2.32 bits per heavy atom. The fourth-order valence-corrected chi connectivity index (χ4v) is 5.11. The van der Waals surface area contributed by atoms with Crippen LogP contribution in [0.2, 0.25) is 0 Å². The number of amides is 1. The first-order valence-electron chi connectivity index (χ1n) is 14.6. The fourth-order valence-electron chi connectivity index (χ4n) is 5.11. The highest BCUT2D eigenvalue weighted by molar-refractivity contribution is 5.90. The molecule has 4 heterocycles. The molecule has 0 radical (unpaired) electrons. The van der Waals surface area contributed by atoms with E-state index >= 15 is 0 Å². The molecule has 2 aromatic carbocycles. The fraction of sp³-hybridized carbons (Fsp3) is 0.303. The molecule has 3 aromatic heterocycles. The third kappa shape index (κ3) is 6.56. The molecule has 11 nitrogen and oxygen atoms in total. The van der Waals surface area contributed by atoms with Crippen molar-refractivity contribution in [3.05, 3.63) is 84.9 Å². The number of carbonyl (C=O) groups is 1. The molecule has 5 aromatic rings. The number of aromatic nitrogens is 5. The topological polar surface area (TPSA) is 111 Å². The lowest BCUT2D eigenvalue weighted by Crippen LogP contribution is -2.50. The van der Waals surface area contributed by atoms with Gasteiger partial charge in [0.1, 0.15) is 22.7 Å². The van der Waals surface area contributed by atoms with Crippen molar-refractivity contribution in [2.45, 2.75) is 32.9 Å². The second kappa shape index (κ2) is 12.2. The first-order chi connectivity index (χ1) is 21.3. The number of carbonyl (C=O) groups excluding carboxylic acids is 1. The van der Waals surface area contributed by atoms with Crippen LogP contribution in [-0.2, 0) is 11.3 Å². The van der Waals surface area contributed by atoms with Crippen LogP contribution >= 0.6 is 0 Å². The maximum Gasteiger partial charge on any atom is 0.410 e. The number of methoxy groups -OCH3 is 1. The van der Waals surface area contributed by atoms with Gasteiger partial charge in [-0.15, -0.1) is 0 Å². The molecule has 1 fully saturated rings. The van der Waals surface area contributed by atoms with Gasteiger partial charge in [-0.25, -0.2) is 19.7 Å². The van der Waals surface area contributed by atoms with E-state index in [4.69, 9.17) is 19.4 Å². The molecular formula is C33H36N8O3. The van der Waals surface area contributed by atoms with Crippen molar-refractivity contribution in [2.24, 2.45) is 0 Å². The van der Waals surface area contributed by atoms with Crippen molar-refractivity contribution < 1.29 is 14.3 Å². The van der Waals surface area contributed by atoms with E-state index in [0.29, 0.717) is 44.5 Å². The number of imidazole rings is 1. The Morgan fingerprint density at radius 2 is 1.61 bits per heavy atom. The monoisotopic (exact) mass is 592 g/mol. The molecule has 0 bridgehead atoms. The maximum atomic E-state index is 12.4. The van der Waals surface area contributed by atoms with Gasteiger partial charge in [-0.3, -0.25) is 0 Å². The van der Waals surface area contributed by atoms with Gasteiger partial charge in [0.05, 0.1) is 20.0 Å². The Labute approximate surface area is 256 Å². The van der Waals surface area contributed by atoms with E-state index in [2.05, 4.69) is 36.9 Å². The number of rotatable bonds is 7. The number of nitrogens with one attached hydrogen (secondary N) is 1. The summed E-state index contributed by atoms with van der Waals surface area (Å²) in [6.07, 6.45) is 5.12. The number of piperazine rings is 1. The zero-order valence-electron chi connectivity index (χ0n) is 25.4. The number of pyridine rings is 1. The molecule has 1 N–H and O–H groups in total. The lowest BCUT2D eigenvalue weighted by molar-refractivity contribution is 0.0240. The number of ether oxygens (including phenoxy) is 2. The molecule has 44 heavy (non-hydrogen) atoms. The second-order valence-electron chi connectivity index (χ2n) is 11.6. The first-order valence-corrected chi connectivity index (χ1v) is 14.6. The van der Waals surface area contributed by atoms with Gasteiger partial charge in [0.25, 0.3) is 0 Å². The number of anilines is 3. The minimum atomic E-state index is -0.513. The van der Waals surface area contributed by atoms with E-state index in [0.717, 1.165) is 39.3 Å². The molecule has 1 amide bonds. The lowest BCUT2D eigenvalue weighted by Gasteiger charge is -2.35. The highest BCUT2D eigenvalue weighted by Crippen LogP contribution is 2.29. The van der Waals surface area contributed by atoms with Crippen LogP contribution in [0.1, 0.15) is 26.3 Å². The minimum absolute atomic E-state index is 0.286. The summed E-state index contributed by atoms with van der Waals surface area (Å²) < 4.78 is 12.8. The highest BCUT2D eigenvalue weighted by Gasteiger charge is 2.26. The molecule has 0 spiro atoms. The molecule has 0 unspecified atom stereocenters. The van der Waals surface area contributed by atoms with Gasteiger partial charge in [-0.05, 0) is 68.3 Å². The molecular weight excluding hydrogens is 556 g/mol.